The Balaban J connectivity index is 1.93. The highest BCUT2D eigenvalue weighted by atomic mass is 16.5. The fraction of sp³-hybridized carbons (Fsp3) is 0.500. The quantitative estimate of drug-likeness (QED) is 0.782. The van der Waals surface area contributed by atoms with Crippen molar-refractivity contribution in [1.29, 1.82) is 0 Å². The average molecular weight is 280 g/mol. The number of aromatic carboxylic acids is 1. The Bertz CT molecular complexity index is 484. The van der Waals surface area contributed by atoms with Gasteiger partial charge in [0, 0.05) is 31.4 Å². The minimum atomic E-state index is -0.993. The predicted molar refractivity (Wildman–Crippen MR) is 75.3 cm³/mol. The van der Waals surface area contributed by atoms with Crippen LogP contribution in [0.4, 0.5) is 5.69 Å². The maximum Gasteiger partial charge on any atom is 0.336 e. The number of carbonyl (C=O) groups is 1. The molecule has 0 aromatic heterocycles. The summed E-state index contributed by atoms with van der Waals surface area (Å²) in [6.07, 6.45) is 0. The molecule has 0 unspecified atom stereocenters. The molecule has 1 fully saturated rings. The summed E-state index contributed by atoms with van der Waals surface area (Å²) in [6, 6.07) is 3.19. The minimum Gasteiger partial charge on any atom is -0.492 e. The zero-order valence-electron chi connectivity index (χ0n) is 11.6. The third-order valence-electron chi connectivity index (χ3n) is 3.43. The van der Waals surface area contributed by atoms with Gasteiger partial charge in [0.2, 0.25) is 0 Å². The van der Waals surface area contributed by atoms with Crippen LogP contribution >= 0.6 is 0 Å². The van der Waals surface area contributed by atoms with Gasteiger partial charge in [0.1, 0.15) is 12.4 Å². The first kappa shape index (κ1) is 14.6. The molecule has 2 rings (SSSR count). The Morgan fingerprint density at radius 3 is 2.80 bits per heavy atom. The minimum absolute atomic E-state index is 0.186. The molecular weight excluding hydrogens is 260 g/mol. The highest BCUT2D eigenvalue weighted by Crippen LogP contribution is 2.24. The van der Waals surface area contributed by atoms with Gasteiger partial charge in [0.05, 0.1) is 18.8 Å². The van der Waals surface area contributed by atoms with Crippen LogP contribution in [0.5, 0.6) is 5.75 Å². The molecular formula is C14H20N2O4. The first-order chi connectivity index (χ1) is 9.58. The molecule has 0 amide bonds. The summed E-state index contributed by atoms with van der Waals surface area (Å²) in [5, 5.41) is 9.11. The molecule has 1 aromatic carbocycles. The van der Waals surface area contributed by atoms with Crippen LogP contribution in [0.25, 0.3) is 0 Å². The molecule has 0 bridgehead atoms. The van der Waals surface area contributed by atoms with Crippen LogP contribution in [-0.4, -0.2) is 55.4 Å². The molecule has 0 aliphatic carbocycles. The third-order valence-corrected chi connectivity index (χ3v) is 3.43. The van der Waals surface area contributed by atoms with Crippen molar-refractivity contribution in [3.63, 3.8) is 0 Å². The lowest BCUT2D eigenvalue weighted by molar-refractivity contribution is 0.0322. The Kier molecular flexibility index (Phi) is 4.81. The molecule has 3 N–H and O–H groups in total. The van der Waals surface area contributed by atoms with E-state index in [0.29, 0.717) is 23.6 Å². The van der Waals surface area contributed by atoms with E-state index in [-0.39, 0.29) is 5.56 Å². The van der Waals surface area contributed by atoms with Gasteiger partial charge in [-0.2, -0.15) is 0 Å². The zero-order valence-corrected chi connectivity index (χ0v) is 11.6. The maximum absolute atomic E-state index is 11.1. The van der Waals surface area contributed by atoms with Crippen molar-refractivity contribution < 1.29 is 19.4 Å². The normalized spacial score (nSPS) is 16.1. The molecule has 0 spiro atoms. The number of rotatable bonds is 5. The van der Waals surface area contributed by atoms with Crippen molar-refractivity contribution in [2.24, 2.45) is 0 Å². The molecule has 1 aliphatic heterocycles. The molecule has 20 heavy (non-hydrogen) atoms. The SMILES string of the molecule is Cc1c(N)cc(OCCN2CCOCC2)cc1C(=O)O. The summed E-state index contributed by atoms with van der Waals surface area (Å²) in [6.45, 7) is 6.29. The smallest absolute Gasteiger partial charge is 0.336 e. The van der Waals surface area contributed by atoms with Crippen molar-refractivity contribution in [2.45, 2.75) is 6.92 Å². The number of benzene rings is 1. The number of morpholine rings is 1. The number of ether oxygens (including phenoxy) is 2. The van der Waals surface area contributed by atoms with Gasteiger partial charge in [-0.3, -0.25) is 4.90 Å². The molecule has 1 saturated heterocycles. The summed E-state index contributed by atoms with van der Waals surface area (Å²) in [5.74, 6) is -0.494. The summed E-state index contributed by atoms with van der Waals surface area (Å²) >= 11 is 0. The van der Waals surface area contributed by atoms with Gasteiger partial charge in [-0.1, -0.05) is 0 Å². The Labute approximate surface area is 118 Å². The van der Waals surface area contributed by atoms with E-state index in [1.165, 1.54) is 6.07 Å². The molecule has 0 radical (unpaired) electrons. The highest BCUT2D eigenvalue weighted by Gasteiger charge is 2.13. The van der Waals surface area contributed by atoms with Gasteiger partial charge in [0.15, 0.2) is 0 Å². The van der Waals surface area contributed by atoms with E-state index in [1.807, 2.05) is 0 Å². The van der Waals surface area contributed by atoms with E-state index >= 15 is 0 Å². The highest BCUT2D eigenvalue weighted by molar-refractivity contribution is 5.91. The fourth-order valence-electron chi connectivity index (χ4n) is 2.13. The second kappa shape index (κ2) is 6.58. The maximum atomic E-state index is 11.1. The lowest BCUT2D eigenvalue weighted by Gasteiger charge is -2.26. The number of carboxylic acids is 1. The molecule has 0 atom stereocenters. The average Bonchev–Trinajstić information content (AvgIpc) is 2.43. The molecule has 1 heterocycles. The predicted octanol–water partition coefficient (Wildman–Crippen LogP) is 0.986. The van der Waals surface area contributed by atoms with Crippen molar-refractivity contribution >= 4 is 11.7 Å². The monoisotopic (exact) mass is 280 g/mol. The molecule has 1 aliphatic rings. The van der Waals surface area contributed by atoms with Crippen LogP contribution in [0.2, 0.25) is 0 Å². The molecule has 110 valence electrons. The van der Waals surface area contributed by atoms with Crippen LogP contribution in [0, 0.1) is 6.92 Å². The first-order valence-corrected chi connectivity index (χ1v) is 6.64. The van der Waals surface area contributed by atoms with Crippen LogP contribution < -0.4 is 10.5 Å². The van der Waals surface area contributed by atoms with Crippen molar-refractivity contribution in [1.82, 2.24) is 4.90 Å². The largest absolute Gasteiger partial charge is 0.492 e. The molecule has 0 saturated carbocycles. The lowest BCUT2D eigenvalue weighted by atomic mass is 10.1. The lowest BCUT2D eigenvalue weighted by Crippen LogP contribution is -2.38. The Hall–Kier alpha value is -1.79. The van der Waals surface area contributed by atoms with Crippen LogP contribution in [0.1, 0.15) is 15.9 Å². The Morgan fingerprint density at radius 2 is 2.15 bits per heavy atom. The topological polar surface area (TPSA) is 85.0 Å². The van der Waals surface area contributed by atoms with Gasteiger partial charge < -0.3 is 20.3 Å². The standard InChI is InChI=1S/C14H20N2O4/c1-10-12(14(17)18)8-11(9-13(10)15)20-7-4-16-2-5-19-6-3-16/h8-9H,2-7,15H2,1H3,(H,17,18). The second-order valence-corrected chi connectivity index (χ2v) is 4.79. The van der Waals surface area contributed by atoms with Gasteiger partial charge in [-0.25, -0.2) is 4.79 Å². The molecule has 6 heteroatoms. The van der Waals surface area contributed by atoms with E-state index < -0.39 is 5.97 Å². The fourth-order valence-corrected chi connectivity index (χ4v) is 2.13. The Morgan fingerprint density at radius 1 is 1.45 bits per heavy atom. The van der Waals surface area contributed by atoms with Crippen LogP contribution in [0.3, 0.4) is 0 Å². The first-order valence-electron chi connectivity index (χ1n) is 6.64. The van der Waals surface area contributed by atoms with Crippen LogP contribution in [0.15, 0.2) is 12.1 Å². The number of carboxylic acid groups (broad SMARTS) is 1. The van der Waals surface area contributed by atoms with Crippen LogP contribution in [-0.2, 0) is 4.74 Å². The van der Waals surface area contributed by atoms with Crippen molar-refractivity contribution in [2.75, 3.05) is 45.2 Å². The molecule has 1 aromatic rings. The number of nitrogen functional groups attached to an aromatic ring is 1. The van der Waals surface area contributed by atoms with E-state index in [2.05, 4.69) is 4.90 Å². The number of anilines is 1. The van der Waals surface area contributed by atoms with E-state index in [1.54, 1.807) is 13.0 Å². The molecule has 6 nitrogen and oxygen atoms in total. The van der Waals surface area contributed by atoms with E-state index in [9.17, 15) is 4.79 Å². The second-order valence-electron chi connectivity index (χ2n) is 4.79. The zero-order chi connectivity index (χ0) is 14.5. The number of hydrogen-bond donors (Lipinski definition) is 2. The summed E-state index contributed by atoms with van der Waals surface area (Å²) in [4.78, 5) is 13.4. The van der Waals surface area contributed by atoms with Crippen molar-refractivity contribution in [3.05, 3.63) is 23.3 Å². The number of hydrogen-bond acceptors (Lipinski definition) is 5. The van der Waals surface area contributed by atoms with Gasteiger partial charge in [-0.15, -0.1) is 0 Å². The summed E-state index contributed by atoms with van der Waals surface area (Å²) in [5.41, 5.74) is 6.99. The van der Waals surface area contributed by atoms with Gasteiger partial charge in [0.25, 0.3) is 0 Å². The summed E-state index contributed by atoms with van der Waals surface area (Å²) in [7, 11) is 0. The number of nitrogens with zero attached hydrogens (tertiary/aromatic N) is 1. The summed E-state index contributed by atoms with van der Waals surface area (Å²) < 4.78 is 10.9. The van der Waals surface area contributed by atoms with E-state index in [0.717, 1.165) is 32.8 Å². The number of nitrogens with two attached hydrogens (primary N) is 1. The van der Waals surface area contributed by atoms with Gasteiger partial charge in [-0.05, 0) is 18.6 Å². The third kappa shape index (κ3) is 3.61. The van der Waals surface area contributed by atoms with Crippen molar-refractivity contribution in [3.8, 4) is 5.75 Å². The van der Waals surface area contributed by atoms with E-state index in [4.69, 9.17) is 20.3 Å². The van der Waals surface area contributed by atoms with Gasteiger partial charge >= 0.3 is 5.97 Å².